The Morgan fingerprint density at radius 2 is 1.85 bits per heavy atom. The second-order valence-electron chi connectivity index (χ2n) is 7.85. The van der Waals surface area contributed by atoms with Crippen LogP contribution < -0.4 is 5.32 Å². The van der Waals surface area contributed by atoms with E-state index < -0.39 is 0 Å². The van der Waals surface area contributed by atoms with Gasteiger partial charge in [0.15, 0.2) is 0 Å². The Balaban J connectivity index is 1.39. The molecule has 6 heteroatoms. The van der Waals surface area contributed by atoms with E-state index in [4.69, 9.17) is 0 Å². The molecule has 2 fully saturated rings. The largest absolute Gasteiger partial charge is 0.354 e. The molecule has 1 aromatic rings. The molecule has 1 atom stereocenters. The van der Waals surface area contributed by atoms with Gasteiger partial charge in [0, 0.05) is 30.4 Å². The van der Waals surface area contributed by atoms with Crippen molar-refractivity contribution < 1.29 is 9.59 Å². The van der Waals surface area contributed by atoms with Crippen molar-refractivity contribution in [2.45, 2.75) is 57.9 Å². The third-order valence-electron chi connectivity index (χ3n) is 5.97. The van der Waals surface area contributed by atoms with Crippen LogP contribution in [-0.4, -0.2) is 60.4 Å². The summed E-state index contributed by atoms with van der Waals surface area (Å²) in [5.41, 5.74) is 0. The van der Waals surface area contributed by atoms with Crippen molar-refractivity contribution in [3.8, 4) is 0 Å². The van der Waals surface area contributed by atoms with E-state index in [0.717, 1.165) is 58.3 Å². The van der Waals surface area contributed by atoms with Gasteiger partial charge in [0.25, 0.3) is 0 Å². The average Bonchev–Trinajstić information content (AvgIpc) is 3.07. The molecule has 2 aliphatic heterocycles. The average molecular weight is 392 g/mol. The number of nitrogens with zero attached hydrogens (tertiary/aromatic N) is 2. The van der Waals surface area contributed by atoms with Crippen molar-refractivity contribution in [2.75, 3.05) is 32.7 Å². The van der Waals surface area contributed by atoms with Crippen LogP contribution >= 0.6 is 11.3 Å². The van der Waals surface area contributed by atoms with Crippen molar-refractivity contribution in [2.24, 2.45) is 5.92 Å². The molecular weight excluding hydrogens is 358 g/mol. The number of thiophene rings is 1. The molecule has 2 saturated heterocycles. The minimum atomic E-state index is -0.123. The first-order valence-corrected chi connectivity index (χ1v) is 11.4. The molecule has 3 rings (SSSR count). The van der Waals surface area contributed by atoms with Crippen molar-refractivity contribution >= 4 is 23.2 Å². The maximum Gasteiger partial charge on any atom is 0.237 e. The quantitative estimate of drug-likeness (QED) is 0.811. The molecule has 2 aliphatic rings. The van der Waals surface area contributed by atoms with Gasteiger partial charge in [0.2, 0.25) is 11.8 Å². The molecule has 150 valence electrons. The van der Waals surface area contributed by atoms with Gasteiger partial charge in [-0.25, -0.2) is 0 Å². The number of hydrogen-bond acceptors (Lipinski definition) is 4. The van der Waals surface area contributed by atoms with Crippen molar-refractivity contribution in [1.82, 2.24) is 15.1 Å². The molecule has 3 heterocycles. The summed E-state index contributed by atoms with van der Waals surface area (Å²) in [5, 5.41) is 5.13. The standard InChI is InChI=1S/C21H33N3O2S/c1-17(20(25)22-11-8-19-7-6-16-27-19)23-14-9-18(10-15-23)21(26)24-12-4-2-3-5-13-24/h6-7,16-18H,2-5,8-15H2,1H3,(H,22,25). The maximum atomic E-state index is 12.8. The molecule has 1 aromatic heterocycles. The summed E-state index contributed by atoms with van der Waals surface area (Å²) in [4.78, 5) is 30.9. The van der Waals surface area contributed by atoms with Crippen LogP contribution in [0.5, 0.6) is 0 Å². The van der Waals surface area contributed by atoms with E-state index in [1.165, 1.54) is 17.7 Å². The normalized spacial score (nSPS) is 20.9. The number of rotatable bonds is 6. The Morgan fingerprint density at radius 3 is 2.48 bits per heavy atom. The van der Waals surface area contributed by atoms with Gasteiger partial charge < -0.3 is 10.2 Å². The van der Waals surface area contributed by atoms with E-state index in [1.54, 1.807) is 11.3 Å². The van der Waals surface area contributed by atoms with Crippen LogP contribution in [0.1, 0.15) is 50.3 Å². The number of hydrogen-bond donors (Lipinski definition) is 1. The molecule has 1 N–H and O–H groups in total. The fraction of sp³-hybridized carbons (Fsp3) is 0.714. The van der Waals surface area contributed by atoms with E-state index >= 15 is 0 Å². The Labute approximate surface area is 167 Å². The predicted octanol–water partition coefficient (Wildman–Crippen LogP) is 2.91. The van der Waals surface area contributed by atoms with Crippen molar-refractivity contribution in [1.29, 1.82) is 0 Å². The minimum Gasteiger partial charge on any atom is -0.354 e. The van der Waals surface area contributed by atoms with Gasteiger partial charge in [-0.05, 0) is 63.6 Å². The molecule has 5 nitrogen and oxygen atoms in total. The van der Waals surface area contributed by atoms with E-state index in [-0.39, 0.29) is 17.9 Å². The lowest BCUT2D eigenvalue weighted by atomic mass is 9.94. The molecule has 0 aliphatic carbocycles. The van der Waals surface area contributed by atoms with Gasteiger partial charge in [0.05, 0.1) is 6.04 Å². The highest BCUT2D eigenvalue weighted by molar-refractivity contribution is 7.09. The summed E-state index contributed by atoms with van der Waals surface area (Å²) in [6.07, 6.45) is 7.44. The van der Waals surface area contributed by atoms with Gasteiger partial charge in [0.1, 0.15) is 0 Å². The fourth-order valence-electron chi connectivity index (χ4n) is 4.16. The number of piperidine rings is 1. The first-order chi connectivity index (χ1) is 13.1. The van der Waals surface area contributed by atoms with Gasteiger partial charge >= 0.3 is 0 Å². The number of likely N-dealkylation sites (tertiary alicyclic amines) is 2. The fourth-order valence-corrected chi connectivity index (χ4v) is 4.87. The van der Waals surface area contributed by atoms with Crippen LogP contribution in [0.4, 0.5) is 0 Å². The Morgan fingerprint density at radius 1 is 1.15 bits per heavy atom. The SMILES string of the molecule is CC(C(=O)NCCc1cccs1)N1CCC(C(=O)N2CCCCCC2)CC1. The Kier molecular flexibility index (Phi) is 7.70. The Hall–Kier alpha value is -1.40. The topological polar surface area (TPSA) is 52.7 Å². The van der Waals surface area contributed by atoms with Crippen molar-refractivity contribution in [3.05, 3.63) is 22.4 Å². The third kappa shape index (κ3) is 5.79. The number of carbonyl (C=O) groups excluding carboxylic acids is 2. The van der Waals surface area contributed by atoms with Crippen molar-refractivity contribution in [3.63, 3.8) is 0 Å². The second-order valence-corrected chi connectivity index (χ2v) is 8.88. The predicted molar refractivity (Wildman–Crippen MR) is 110 cm³/mol. The molecule has 2 amide bonds. The molecule has 0 saturated carbocycles. The first-order valence-electron chi connectivity index (χ1n) is 10.5. The summed E-state index contributed by atoms with van der Waals surface area (Å²) >= 11 is 1.73. The van der Waals surface area contributed by atoms with Gasteiger partial charge in [-0.15, -0.1) is 11.3 Å². The van der Waals surface area contributed by atoms with Crippen LogP contribution in [-0.2, 0) is 16.0 Å². The van der Waals surface area contributed by atoms with Crippen LogP contribution in [0.2, 0.25) is 0 Å². The highest BCUT2D eigenvalue weighted by Crippen LogP contribution is 2.23. The number of carbonyl (C=O) groups is 2. The van der Waals surface area contributed by atoms with Crippen LogP contribution in [0.3, 0.4) is 0 Å². The highest BCUT2D eigenvalue weighted by atomic mass is 32.1. The van der Waals surface area contributed by atoms with E-state index in [0.29, 0.717) is 12.5 Å². The summed E-state index contributed by atoms with van der Waals surface area (Å²) in [5.74, 6) is 0.599. The zero-order chi connectivity index (χ0) is 19.1. The number of amides is 2. The number of nitrogens with one attached hydrogen (secondary N) is 1. The zero-order valence-corrected chi connectivity index (χ0v) is 17.3. The molecule has 0 bridgehead atoms. The lowest BCUT2D eigenvalue weighted by Gasteiger charge is -2.36. The lowest BCUT2D eigenvalue weighted by molar-refractivity contribution is -0.137. The molecule has 0 aromatic carbocycles. The molecule has 0 spiro atoms. The molecule has 0 radical (unpaired) electrons. The molecule has 1 unspecified atom stereocenters. The second kappa shape index (κ2) is 10.2. The van der Waals surface area contributed by atoms with E-state index in [1.807, 2.05) is 13.0 Å². The Bertz CT molecular complexity index is 589. The maximum absolute atomic E-state index is 12.8. The molecular formula is C21H33N3O2S. The van der Waals surface area contributed by atoms with Crippen LogP contribution in [0.25, 0.3) is 0 Å². The van der Waals surface area contributed by atoms with E-state index in [9.17, 15) is 9.59 Å². The highest BCUT2D eigenvalue weighted by Gasteiger charge is 2.31. The van der Waals surface area contributed by atoms with Crippen LogP contribution in [0.15, 0.2) is 17.5 Å². The monoisotopic (exact) mass is 391 g/mol. The zero-order valence-electron chi connectivity index (χ0n) is 16.5. The first kappa shape index (κ1) is 20.3. The smallest absolute Gasteiger partial charge is 0.237 e. The summed E-state index contributed by atoms with van der Waals surface area (Å²) in [7, 11) is 0. The van der Waals surface area contributed by atoms with Gasteiger partial charge in [-0.1, -0.05) is 18.9 Å². The summed E-state index contributed by atoms with van der Waals surface area (Å²) < 4.78 is 0. The summed E-state index contributed by atoms with van der Waals surface area (Å²) in [6, 6.07) is 4.02. The third-order valence-corrected chi connectivity index (χ3v) is 6.91. The van der Waals surface area contributed by atoms with E-state index in [2.05, 4.69) is 26.6 Å². The summed E-state index contributed by atoms with van der Waals surface area (Å²) in [6.45, 7) is 6.21. The van der Waals surface area contributed by atoms with Gasteiger partial charge in [-0.3, -0.25) is 14.5 Å². The van der Waals surface area contributed by atoms with Gasteiger partial charge in [-0.2, -0.15) is 0 Å². The minimum absolute atomic E-state index is 0.101. The van der Waals surface area contributed by atoms with Crippen LogP contribution in [0, 0.1) is 5.92 Å². The lowest BCUT2D eigenvalue weighted by Crippen LogP contribution is -2.50. The molecule has 27 heavy (non-hydrogen) atoms.